The molecule has 22 heavy (non-hydrogen) atoms. The van der Waals surface area contributed by atoms with E-state index in [4.69, 9.17) is 0 Å². The van der Waals surface area contributed by atoms with Gasteiger partial charge in [-0.25, -0.2) is 0 Å². The van der Waals surface area contributed by atoms with Crippen LogP contribution in [-0.4, -0.2) is 39.5 Å². The molecule has 2 fully saturated rings. The third-order valence-corrected chi connectivity index (χ3v) is 4.75. The highest BCUT2D eigenvalue weighted by Crippen LogP contribution is 2.28. The first-order valence-corrected chi connectivity index (χ1v) is 8.26. The zero-order chi connectivity index (χ0) is 15.5. The van der Waals surface area contributed by atoms with E-state index < -0.39 is 0 Å². The van der Waals surface area contributed by atoms with E-state index in [0.29, 0.717) is 24.8 Å². The number of likely N-dealkylation sites (tertiary alicyclic amines) is 1. The Bertz CT molecular complexity index is 546. The molecule has 120 valence electrons. The monoisotopic (exact) mass is 304 g/mol. The molecule has 1 aliphatic heterocycles. The Hall–Kier alpha value is -1.85. The van der Waals surface area contributed by atoms with Crippen LogP contribution in [0.1, 0.15) is 50.6 Å². The van der Waals surface area contributed by atoms with Crippen LogP contribution in [0.5, 0.6) is 0 Å². The van der Waals surface area contributed by atoms with Crippen molar-refractivity contribution in [2.75, 3.05) is 11.9 Å². The van der Waals surface area contributed by atoms with Gasteiger partial charge in [-0.1, -0.05) is 25.7 Å². The molecule has 6 nitrogen and oxygen atoms in total. The maximum absolute atomic E-state index is 12.3. The molecule has 2 aliphatic rings. The predicted molar refractivity (Wildman–Crippen MR) is 83.3 cm³/mol. The molecule has 1 saturated heterocycles. The van der Waals surface area contributed by atoms with E-state index in [1.807, 2.05) is 11.8 Å². The maximum atomic E-state index is 12.3. The summed E-state index contributed by atoms with van der Waals surface area (Å²) in [4.78, 5) is 26.6. The molecular formula is C16H24N4O2. The van der Waals surface area contributed by atoms with E-state index in [-0.39, 0.29) is 17.7 Å². The van der Waals surface area contributed by atoms with Gasteiger partial charge in [0.1, 0.15) is 0 Å². The molecule has 0 bridgehead atoms. The molecule has 2 heterocycles. The molecule has 2 amide bonds. The number of carbonyl (C=O) groups excluding carboxylic acids is 2. The van der Waals surface area contributed by atoms with Crippen LogP contribution in [0.3, 0.4) is 0 Å². The highest BCUT2D eigenvalue weighted by Gasteiger charge is 2.37. The fourth-order valence-corrected chi connectivity index (χ4v) is 3.54. The van der Waals surface area contributed by atoms with Crippen molar-refractivity contribution < 1.29 is 9.59 Å². The standard InChI is InChI=1S/C16H24N4O2/c1-11-8-14(19-18-11)17-16(22)12-9-15(21)20(10-12)13-6-4-2-3-5-7-13/h8,12-13H,2-7,9-10H2,1H3,(H2,17,18,19,22)/t12-/m1/s1. The van der Waals surface area contributed by atoms with Crippen LogP contribution >= 0.6 is 0 Å². The number of anilines is 1. The zero-order valence-electron chi connectivity index (χ0n) is 13.1. The first kappa shape index (κ1) is 15.1. The number of aromatic nitrogens is 2. The van der Waals surface area contributed by atoms with E-state index in [2.05, 4.69) is 15.5 Å². The number of hydrogen-bond acceptors (Lipinski definition) is 3. The minimum absolute atomic E-state index is 0.101. The second kappa shape index (κ2) is 6.50. The lowest BCUT2D eigenvalue weighted by Crippen LogP contribution is -2.37. The number of nitrogens with zero attached hydrogens (tertiary/aromatic N) is 2. The van der Waals surface area contributed by atoms with E-state index in [1.165, 1.54) is 25.7 Å². The Morgan fingerprint density at radius 3 is 2.68 bits per heavy atom. The van der Waals surface area contributed by atoms with Crippen molar-refractivity contribution in [1.29, 1.82) is 0 Å². The molecule has 1 aromatic rings. The summed E-state index contributed by atoms with van der Waals surface area (Å²) in [6.07, 6.45) is 7.40. The molecule has 2 N–H and O–H groups in total. The van der Waals surface area contributed by atoms with E-state index in [0.717, 1.165) is 18.5 Å². The number of nitrogens with one attached hydrogen (secondary N) is 2. The number of aromatic amines is 1. The quantitative estimate of drug-likeness (QED) is 0.841. The van der Waals surface area contributed by atoms with Gasteiger partial charge >= 0.3 is 0 Å². The Morgan fingerprint density at radius 2 is 2.05 bits per heavy atom. The first-order chi connectivity index (χ1) is 10.6. The molecule has 0 radical (unpaired) electrons. The highest BCUT2D eigenvalue weighted by molar-refractivity contribution is 5.96. The van der Waals surface area contributed by atoms with Gasteiger partial charge in [0, 0.05) is 30.8 Å². The van der Waals surface area contributed by atoms with Gasteiger partial charge in [-0.05, 0) is 19.8 Å². The highest BCUT2D eigenvalue weighted by atomic mass is 16.2. The largest absolute Gasteiger partial charge is 0.339 e. The summed E-state index contributed by atoms with van der Waals surface area (Å²) in [5.74, 6) is 0.303. The average molecular weight is 304 g/mol. The van der Waals surface area contributed by atoms with Crippen LogP contribution in [0.2, 0.25) is 0 Å². The summed E-state index contributed by atoms with van der Waals surface area (Å²) in [7, 11) is 0. The summed E-state index contributed by atoms with van der Waals surface area (Å²) in [6, 6.07) is 2.12. The predicted octanol–water partition coefficient (Wildman–Crippen LogP) is 2.23. The van der Waals surface area contributed by atoms with Crippen LogP contribution in [0.25, 0.3) is 0 Å². The molecule has 1 aliphatic carbocycles. The topological polar surface area (TPSA) is 78.1 Å². The van der Waals surface area contributed by atoms with Crippen LogP contribution < -0.4 is 5.32 Å². The third kappa shape index (κ3) is 3.31. The smallest absolute Gasteiger partial charge is 0.230 e. The van der Waals surface area contributed by atoms with Gasteiger partial charge in [-0.2, -0.15) is 5.10 Å². The van der Waals surface area contributed by atoms with Gasteiger partial charge in [0.05, 0.1) is 5.92 Å². The molecular weight excluding hydrogens is 280 g/mol. The number of hydrogen-bond donors (Lipinski definition) is 2. The summed E-state index contributed by atoms with van der Waals surface area (Å²) >= 11 is 0. The van der Waals surface area contributed by atoms with Crippen molar-refractivity contribution in [3.63, 3.8) is 0 Å². The normalized spacial score (nSPS) is 23.6. The van der Waals surface area contributed by atoms with E-state index in [9.17, 15) is 9.59 Å². The molecule has 0 aromatic carbocycles. The molecule has 3 rings (SSSR count). The van der Waals surface area contributed by atoms with Crippen LogP contribution in [-0.2, 0) is 9.59 Å². The lowest BCUT2D eigenvalue weighted by molar-refractivity contribution is -0.130. The van der Waals surface area contributed by atoms with Crippen molar-refractivity contribution in [3.05, 3.63) is 11.8 Å². The maximum Gasteiger partial charge on any atom is 0.230 e. The van der Waals surface area contributed by atoms with Crippen LogP contribution in [0.4, 0.5) is 5.82 Å². The number of aryl methyl sites for hydroxylation is 1. The van der Waals surface area contributed by atoms with E-state index in [1.54, 1.807) is 6.07 Å². The number of amides is 2. The minimum Gasteiger partial charge on any atom is -0.339 e. The van der Waals surface area contributed by atoms with Gasteiger partial charge in [0.25, 0.3) is 0 Å². The first-order valence-electron chi connectivity index (χ1n) is 8.26. The molecule has 1 atom stereocenters. The van der Waals surface area contributed by atoms with Crippen LogP contribution in [0.15, 0.2) is 6.07 Å². The lowest BCUT2D eigenvalue weighted by atomic mass is 10.1. The molecule has 1 aromatic heterocycles. The Morgan fingerprint density at radius 1 is 1.32 bits per heavy atom. The number of rotatable bonds is 3. The SMILES string of the molecule is Cc1cc(NC(=O)[C@@H]2CC(=O)N(C3CCCCCC3)C2)n[nH]1. The van der Waals surface area contributed by atoms with Gasteiger partial charge in [0.15, 0.2) is 5.82 Å². The van der Waals surface area contributed by atoms with Gasteiger partial charge in [0.2, 0.25) is 11.8 Å². The fraction of sp³-hybridized carbons (Fsp3) is 0.688. The minimum atomic E-state index is -0.257. The molecule has 0 spiro atoms. The Labute approximate surface area is 130 Å². The lowest BCUT2D eigenvalue weighted by Gasteiger charge is -2.27. The van der Waals surface area contributed by atoms with Gasteiger partial charge in [-0.3, -0.25) is 14.7 Å². The number of H-pyrrole nitrogens is 1. The van der Waals surface area contributed by atoms with E-state index >= 15 is 0 Å². The van der Waals surface area contributed by atoms with Crippen molar-refractivity contribution in [3.8, 4) is 0 Å². The molecule has 1 saturated carbocycles. The summed E-state index contributed by atoms with van der Waals surface area (Å²) in [6.45, 7) is 2.44. The van der Waals surface area contributed by atoms with Crippen molar-refractivity contribution >= 4 is 17.6 Å². The fourth-order valence-electron chi connectivity index (χ4n) is 3.54. The summed E-state index contributed by atoms with van der Waals surface area (Å²) < 4.78 is 0. The molecule has 6 heteroatoms. The van der Waals surface area contributed by atoms with Gasteiger partial charge in [-0.15, -0.1) is 0 Å². The second-order valence-electron chi connectivity index (χ2n) is 6.52. The van der Waals surface area contributed by atoms with Crippen molar-refractivity contribution in [2.45, 2.75) is 57.9 Å². The Balaban J connectivity index is 1.59. The van der Waals surface area contributed by atoms with Crippen LogP contribution in [0, 0.1) is 12.8 Å². The second-order valence-corrected chi connectivity index (χ2v) is 6.52. The van der Waals surface area contributed by atoms with Crippen molar-refractivity contribution in [2.24, 2.45) is 5.92 Å². The number of carbonyl (C=O) groups is 2. The summed E-state index contributed by atoms with van der Waals surface area (Å²) in [5, 5.41) is 9.61. The zero-order valence-corrected chi connectivity index (χ0v) is 13.1. The van der Waals surface area contributed by atoms with Gasteiger partial charge < -0.3 is 10.2 Å². The molecule has 0 unspecified atom stereocenters. The average Bonchev–Trinajstić information content (AvgIpc) is 2.96. The van der Waals surface area contributed by atoms with Crippen molar-refractivity contribution in [1.82, 2.24) is 15.1 Å². The Kier molecular flexibility index (Phi) is 4.45. The third-order valence-electron chi connectivity index (χ3n) is 4.75. The summed E-state index contributed by atoms with van der Waals surface area (Å²) in [5.41, 5.74) is 0.901.